The largest absolute Gasteiger partial charge is 0.497 e. The molecule has 1 atom stereocenters. The molecule has 0 bridgehead atoms. The van der Waals surface area contributed by atoms with Crippen LogP contribution < -0.4 is 10.1 Å². The van der Waals surface area contributed by atoms with E-state index >= 15 is 0 Å². The summed E-state index contributed by atoms with van der Waals surface area (Å²) < 4.78 is 10.3. The van der Waals surface area contributed by atoms with Crippen LogP contribution >= 0.6 is 0 Å². The predicted molar refractivity (Wildman–Crippen MR) is 99.6 cm³/mol. The zero-order valence-corrected chi connectivity index (χ0v) is 15.7. The lowest BCUT2D eigenvalue weighted by Crippen LogP contribution is -2.44. The molecule has 2 amide bonds. The minimum absolute atomic E-state index is 0.0188. The van der Waals surface area contributed by atoms with Crippen LogP contribution in [0.25, 0.3) is 0 Å². The second-order valence-electron chi connectivity index (χ2n) is 6.86. The number of methoxy groups -OCH3 is 1. The van der Waals surface area contributed by atoms with E-state index in [9.17, 15) is 9.59 Å². The molecule has 1 aromatic carbocycles. The van der Waals surface area contributed by atoms with Crippen molar-refractivity contribution in [3.05, 3.63) is 47.7 Å². The number of rotatable bonds is 6. The fourth-order valence-electron chi connectivity index (χ4n) is 3.32. The Bertz CT molecular complexity index is 785. The molecule has 1 N–H and O–H groups in total. The Morgan fingerprint density at radius 1 is 1.33 bits per heavy atom. The molecule has 27 heavy (non-hydrogen) atoms. The van der Waals surface area contributed by atoms with E-state index in [2.05, 4.69) is 10.3 Å². The summed E-state index contributed by atoms with van der Waals surface area (Å²) in [5.41, 5.74) is 1.55. The highest BCUT2D eigenvalue weighted by Gasteiger charge is 2.27. The summed E-state index contributed by atoms with van der Waals surface area (Å²) in [6.45, 7) is 3.64. The van der Waals surface area contributed by atoms with Gasteiger partial charge >= 0.3 is 0 Å². The Morgan fingerprint density at radius 2 is 2.11 bits per heavy atom. The number of aromatic nitrogens is 1. The highest BCUT2D eigenvalue weighted by Crippen LogP contribution is 2.19. The minimum atomic E-state index is -0.126. The number of hydrogen-bond donors (Lipinski definition) is 1. The lowest BCUT2D eigenvalue weighted by molar-refractivity contribution is -0.120. The maximum Gasteiger partial charge on any atom is 0.291 e. The lowest BCUT2D eigenvalue weighted by Gasteiger charge is -2.32. The molecule has 144 valence electrons. The second-order valence-corrected chi connectivity index (χ2v) is 6.86. The summed E-state index contributed by atoms with van der Waals surface area (Å²) in [4.78, 5) is 30.5. The van der Waals surface area contributed by atoms with Crippen molar-refractivity contribution in [1.29, 1.82) is 0 Å². The fourth-order valence-corrected chi connectivity index (χ4v) is 3.32. The number of hydrogen-bond acceptors (Lipinski definition) is 5. The molecule has 1 aliphatic heterocycles. The van der Waals surface area contributed by atoms with Crippen LogP contribution in [0.2, 0.25) is 0 Å². The van der Waals surface area contributed by atoms with Crippen molar-refractivity contribution in [3.63, 3.8) is 0 Å². The van der Waals surface area contributed by atoms with Crippen molar-refractivity contribution >= 4 is 11.8 Å². The van der Waals surface area contributed by atoms with Gasteiger partial charge in [-0.3, -0.25) is 9.59 Å². The molecule has 0 unspecified atom stereocenters. The van der Waals surface area contributed by atoms with Gasteiger partial charge in [0.05, 0.1) is 19.2 Å². The van der Waals surface area contributed by atoms with Crippen molar-refractivity contribution in [3.8, 4) is 5.75 Å². The summed E-state index contributed by atoms with van der Waals surface area (Å²) in [5.74, 6) is 1.17. The number of carbonyl (C=O) groups is 2. The van der Waals surface area contributed by atoms with E-state index in [0.29, 0.717) is 37.5 Å². The van der Waals surface area contributed by atoms with Crippen molar-refractivity contribution in [1.82, 2.24) is 15.2 Å². The lowest BCUT2D eigenvalue weighted by atomic mass is 9.97. The van der Waals surface area contributed by atoms with E-state index < -0.39 is 0 Å². The van der Waals surface area contributed by atoms with Gasteiger partial charge in [-0.1, -0.05) is 12.1 Å². The first-order valence-corrected chi connectivity index (χ1v) is 9.16. The summed E-state index contributed by atoms with van der Waals surface area (Å²) in [6.07, 6.45) is 3.53. The molecule has 7 heteroatoms. The number of nitrogens with zero attached hydrogens (tertiary/aromatic N) is 2. The van der Waals surface area contributed by atoms with Crippen molar-refractivity contribution in [2.24, 2.45) is 5.92 Å². The van der Waals surface area contributed by atoms with Gasteiger partial charge in [0.1, 0.15) is 5.75 Å². The SMILES string of the molecule is COc1ccc(CC(=O)NC[C@H]2CCCN(C(=O)c3ocnc3C)C2)cc1. The zero-order chi connectivity index (χ0) is 19.2. The summed E-state index contributed by atoms with van der Waals surface area (Å²) in [6, 6.07) is 7.47. The van der Waals surface area contributed by atoms with Gasteiger partial charge in [-0.05, 0) is 43.4 Å². The molecule has 1 saturated heterocycles. The van der Waals surface area contributed by atoms with Gasteiger partial charge in [0.2, 0.25) is 11.7 Å². The fraction of sp³-hybridized carbons (Fsp3) is 0.450. The Hall–Kier alpha value is -2.83. The molecular weight excluding hydrogens is 346 g/mol. The number of piperidine rings is 1. The third-order valence-electron chi connectivity index (χ3n) is 4.86. The van der Waals surface area contributed by atoms with Gasteiger partial charge in [0.15, 0.2) is 6.39 Å². The van der Waals surface area contributed by atoms with Crippen LogP contribution in [0.3, 0.4) is 0 Å². The van der Waals surface area contributed by atoms with Crippen molar-refractivity contribution in [2.45, 2.75) is 26.2 Å². The van der Waals surface area contributed by atoms with E-state index in [0.717, 1.165) is 24.2 Å². The van der Waals surface area contributed by atoms with Gasteiger partial charge in [0.25, 0.3) is 5.91 Å². The number of amides is 2. The summed E-state index contributed by atoms with van der Waals surface area (Å²) in [5, 5.41) is 2.99. The Balaban J connectivity index is 1.48. The number of likely N-dealkylation sites (tertiary alicyclic amines) is 1. The molecule has 0 saturated carbocycles. The van der Waals surface area contributed by atoms with Crippen molar-refractivity contribution < 1.29 is 18.7 Å². The van der Waals surface area contributed by atoms with E-state index in [1.807, 2.05) is 24.3 Å². The Morgan fingerprint density at radius 3 is 2.78 bits per heavy atom. The predicted octanol–water partition coefficient (Wildman–Crippen LogP) is 2.20. The van der Waals surface area contributed by atoms with Crippen LogP contribution in [0.4, 0.5) is 0 Å². The van der Waals surface area contributed by atoms with E-state index in [4.69, 9.17) is 9.15 Å². The average Bonchev–Trinajstić information content (AvgIpc) is 3.12. The van der Waals surface area contributed by atoms with Crippen LogP contribution in [0.1, 0.15) is 34.7 Å². The Kier molecular flexibility index (Phi) is 6.11. The molecular formula is C20H25N3O4. The van der Waals surface area contributed by atoms with E-state index in [-0.39, 0.29) is 17.7 Å². The molecule has 7 nitrogen and oxygen atoms in total. The quantitative estimate of drug-likeness (QED) is 0.841. The number of carbonyl (C=O) groups excluding carboxylic acids is 2. The number of aryl methyl sites for hydroxylation is 1. The summed E-state index contributed by atoms with van der Waals surface area (Å²) in [7, 11) is 1.61. The van der Waals surface area contributed by atoms with Gasteiger partial charge in [-0.15, -0.1) is 0 Å². The van der Waals surface area contributed by atoms with Crippen LogP contribution in [-0.2, 0) is 11.2 Å². The number of benzene rings is 1. The maximum atomic E-state index is 12.6. The first-order valence-electron chi connectivity index (χ1n) is 9.16. The van der Waals surface area contributed by atoms with Crippen LogP contribution in [0.15, 0.2) is 35.1 Å². The third-order valence-corrected chi connectivity index (χ3v) is 4.86. The molecule has 1 aromatic heterocycles. The number of ether oxygens (including phenoxy) is 1. The van der Waals surface area contributed by atoms with Crippen LogP contribution in [-0.4, -0.2) is 48.4 Å². The van der Waals surface area contributed by atoms with Gasteiger partial charge in [-0.2, -0.15) is 0 Å². The first kappa shape index (κ1) is 18.9. The normalized spacial score (nSPS) is 16.8. The molecule has 0 radical (unpaired) electrons. The van der Waals surface area contributed by atoms with E-state index in [1.165, 1.54) is 6.39 Å². The highest BCUT2D eigenvalue weighted by molar-refractivity contribution is 5.92. The minimum Gasteiger partial charge on any atom is -0.497 e. The Labute approximate surface area is 158 Å². The monoisotopic (exact) mass is 371 g/mol. The number of oxazole rings is 1. The maximum absolute atomic E-state index is 12.6. The molecule has 0 spiro atoms. The van der Waals surface area contributed by atoms with E-state index in [1.54, 1.807) is 18.9 Å². The first-order chi connectivity index (χ1) is 13.1. The van der Waals surface area contributed by atoms with Gasteiger partial charge in [0, 0.05) is 19.6 Å². The second kappa shape index (κ2) is 8.70. The van der Waals surface area contributed by atoms with Crippen LogP contribution in [0, 0.1) is 12.8 Å². The van der Waals surface area contributed by atoms with Crippen LogP contribution in [0.5, 0.6) is 5.75 Å². The third kappa shape index (κ3) is 4.87. The summed E-state index contributed by atoms with van der Waals surface area (Å²) >= 11 is 0. The van der Waals surface area contributed by atoms with Crippen molar-refractivity contribution in [2.75, 3.05) is 26.7 Å². The van der Waals surface area contributed by atoms with Gasteiger partial charge in [-0.25, -0.2) is 4.98 Å². The zero-order valence-electron chi connectivity index (χ0n) is 15.7. The molecule has 1 aliphatic rings. The average molecular weight is 371 g/mol. The topological polar surface area (TPSA) is 84.7 Å². The molecule has 2 heterocycles. The molecule has 3 rings (SSSR count). The molecule has 0 aliphatic carbocycles. The molecule has 2 aromatic rings. The van der Waals surface area contributed by atoms with Gasteiger partial charge < -0.3 is 19.4 Å². The number of nitrogens with one attached hydrogen (secondary N) is 1. The molecule has 1 fully saturated rings. The standard InChI is InChI=1S/C20H25N3O4/c1-14-19(27-13-22-14)20(25)23-9-3-4-16(12-23)11-21-18(24)10-15-5-7-17(26-2)8-6-15/h5-8,13,16H,3-4,9-12H2,1-2H3,(H,21,24)/t16-/m1/s1. The highest BCUT2D eigenvalue weighted by atomic mass is 16.5. The smallest absolute Gasteiger partial charge is 0.291 e.